The molecule has 0 bridgehead atoms. The Morgan fingerprint density at radius 2 is 0.500 bits per heavy atom. The molecule has 0 aliphatic heterocycles. The summed E-state index contributed by atoms with van der Waals surface area (Å²) >= 11 is 0. The second-order valence-corrected chi connectivity index (χ2v) is 26.0. The summed E-state index contributed by atoms with van der Waals surface area (Å²) in [6, 6.07) is 0. The second-order valence-electron chi connectivity index (χ2n) is 26.0. The fourth-order valence-corrected chi connectivity index (χ4v) is 9.67. The van der Waals surface area contributed by atoms with Crippen LogP contribution in [0, 0.1) is 122 Å². The molecule has 62 heavy (non-hydrogen) atoms. The van der Waals surface area contributed by atoms with Gasteiger partial charge in [-0.2, -0.15) is 32.5 Å². The van der Waals surface area contributed by atoms with E-state index in [0.717, 1.165) is 31.1 Å². The molecule has 0 nitrogen and oxygen atoms in total. The smallest absolute Gasteiger partial charge is 0 e. The molecule has 0 spiro atoms. The van der Waals surface area contributed by atoms with Gasteiger partial charge in [-0.3, -0.25) is 0 Å². The van der Waals surface area contributed by atoms with Crippen LogP contribution in [0.15, 0.2) is 0 Å². The molecule has 0 aromatic carbocycles. The zero-order chi connectivity index (χ0) is 43.2. The van der Waals surface area contributed by atoms with Gasteiger partial charge in [0.15, 0.2) is 0 Å². The molecular weight excluding hydrogens is 1550 g/mol. The number of rotatable bonds is 16. The van der Waals surface area contributed by atoms with Crippen LogP contribution in [-0.2, 0) is 238 Å². The molecule has 0 heterocycles. The van der Waals surface area contributed by atoms with Gasteiger partial charge < -0.3 is 56.4 Å². The molecule has 0 aromatic heterocycles. The fourth-order valence-electron chi connectivity index (χ4n) is 9.67. The van der Waals surface area contributed by atoms with Crippen LogP contribution in [0.2, 0.25) is 0 Å². The van der Waals surface area contributed by atoms with E-state index < -0.39 is 0 Å². The molecule has 0 saturated heterocycles. The van der Waals surface area contributed by atoms with Crippen molar-refractivity contribution in [3.8, 4) is 0 Å². The molecule has 0 aliphatic rings. The van der Waals surface area contributed by atoms with Crippen LogP contribution in [-0.4, -0.2) is 0 Å². The molecule has 0 aliphatic carbocycles. The van der Waals surface area contributed by atoms with E-state index in [0.29, 0.717) is 21.7 Å². The SMILES string of the molecule is [CH2-]C(C)(C)C[C@]([CH2-])(C)CC(C)(C)C.[CH2-]C(C)(C)C[C@]([CH2-])(C)CC(C)C.[CH2-][C@@](C)(CC(C)(C)C)CC(C)(C)CC.[CH2-][C@@](C)(CC(C)C)CC(C)(C)CC.[CH3-].[CH3-].[W].[W].[Y].[Y].[Y].[Y].[Y].[Y]. The average molecular weight is 1660 g/mol. The van der Waals surface area contributed by atoms with E-state index in [1.54, 1.807) is 0 Å². The Morgan fingerprint density at radius 1 is 0.323 bits per heavy atom. The first-order chi connectivity index (χ1) is 22.2. The molecule has 0 unspecified atom stereocenters. The first-order valence-corrected chi connectivity index (χ1v) is 21.3. The maximum Gasteiger partial charge on any atom is 0 e. The van der Waals surface area contributed by atoms with Crippen molar-refractivity contribution in [2.24, 2.45) is 66.0 Å². The quantitative estimate of drug-likeness (QED) is 0.135. The van der Waals surface area contributed by atoms with Gasteiger partial charge in [-0.1, -0.05) is 230 Å². The molecule has 0 aromatic rings. The van der Waals surface area contributed by atoms with Crippen LogP contribution < -0.4 is 0 Å². The summed E-state index contributed by atoms with van der Waals surface area (Å²) in [6.45, 7) is 80.0. The Balaban J connectivity index is -0.0000000392. The monoisotopic (exact) mass is 1660 g/mol. The minimum Gasteiger partial charge on any atom is -0.358 e. The molecule has 6 radical (unpaired) electrons. The van der Waals surface area contributed by atoms with Gasteiger partial charge in [-0.05, 0) is 33.5 Å². The van der Waals surface area contributed by atoms with Gasteiger partial charge in [-0.25, -0.2) is 0 Å². The standard InChI is InChI=1S/C14H29.C13H26.C13H27.C12H24.2CH3.2W.6Y/c1-9-13(5,6)11-14(7,8)10-12(2,3)4;1-11(2,3)9-13(7,8)10-12(4,5)6;1-8-12(4,5)10-13(6,7)9-11(2)3;1-10(2)8-12(6,7)9-11(3,4)5;;;;;;;;;;/h7,9-11H2,1-6,8H3;1,7,9-10H2,2-6,8H3;11H,6,8-10H2,1-5,7H3;10H,3,6,8-9H2,1-2,4-5,7H3;2*1H3;;;;;;;;/q-1;-2;-1;-2;2*-1;;;;;;;;/t14-;2*13-;12-;;;;;;;;;;/m1011........../s1. The molecule has 8 heteroatoms. The fraction of sp³-hybridized carbons (Fsp3) is 0.852. The van der Waals surface area contributed by atoms with Gasteiger partial charge in [0.1, 0.15) is 0 Å². The van der Waals surface area contributed by atoms with Crippen LogP contribution >= 0.6 is 0 Å². The molecule has 0 fully saturated rings. The van der Waals surface area contributed by atoms with E-state index in [9.17, 15) is 0 Å². The summed E-state index contributed by atoms with van der Waals surface area (Å²) in [6.07, 6.45) is 11.9. The van der Waals surface area contributed by atoms with E-state index >= 15 is 0 Å². The molecular formula is C54H112W2Y6-8. The minimum atomic E-state index is 0. The van der Waals surface area contributed by atoms with Crippen molar-refractivity contribution in [2.75, 3.05) is 0 Å². The van der Waals surface area contributed by atoms with Crippen molar-refractivity contribution in [1.82, 2.24) is 0 Å². The van der Waals surface area contributed by atoms with Crippen molar-refractivity contribution in [2.45, 2.75) is 230 Å². The average Bonchev–Trinajstić information content (AvgIpc) is 2.70. The largest absolute Gasteiger partial charge is 0.358 e. The molecule has 0 N–H and O–H groups in total. The predicted molar refractivity (Wildman–Crippen MR) is 259 cm³/mol. The zero-order valence-electron chi connectivity index (χ0n) is 47.7. The zero-order valence-corrected chi connectivity index (χ0v) is 70.6. The maximum atomic E-state index is 4.39. The third-order valence-electron chi connectivity index (χ3n) is 9.25. The molecule has 366 valence electrons. The first kappa shape index (κ1) is 106. The minimum absolute atomic E-state index is 0. The van der Waals surface area contributed by atoms with Crippen LogP contribution in [0.5, 0.6) is 0 Å². The summed E-state index contributed by atoms with van der Waals surface area (Å²) in [7, 11) is 0. The second kappa shape index (κ2) is 45.2. The van der Waals surface area contributed by atoms with Crippen LogP contribution in [0.4, 0.5) is 0 Å². The topological polar surface area (TPSA) is 0 Å². The van der Waals surface area contributed by atoms with E-state index in [1.165, 1.54) is 44.9 Å². The van der Waals surface area contributed by atoms with Crippen LogP contribution in [0.1, 0.15) is 230 Å². The van der Waals surface area contributed by atoms with Crippen LogP contribution in [0.3, 0.4) is 0 Å². The Bertz CT molecular complexity index is 907. The number of hydrogen-bond acceptors (Lipinski definition) is 0. The van der Waals surface area contributed by atoms with Gasteiger partial charge in [-0.15, -0.1) is 0 Å². The summed E-state index contributed by atoms with van der Waals surface area (Å²) in [5, 5.41) is 0. The third kappa shape index (κ3) is 84.8. The van der Waals surface area contributed by atoms with E-state index in [1.807, 2.05) is 0 Å². The van der Waals surface area contributed by atoms with Crippen molar-refractivity contribution in [3.05, 3.63) is 56.4 Å². The predicted octanol–water partition coefficient (Wildman–Crippen LogP) is 19.3. The van der Waals surface area contributed by atoms with Crippen molar-refractivity contribution in [1.29, 1.82) is 0 Å². The van der Waals surface area contributed by atoms with Gasteiger partial charge in [0, 0.05) is 238 Å². The first-order valence-electron chi connectivity index (χ1n) is 21.3. The van der Waals surface area contributed by atoms with Crippen molar-refractivity contribution >= 4 is 0 Å². The van der Waals surface area contributed by atoms with Crippen molar-refractivity contribution < 1.29 is 238 Å². The van der Waals surface area contributed by atoms with Gasteiger partial charge >= 0.3 is 0 Å². The molecule has 0 amide bonds. The van der Waals surface area contributed by atoms with Gasteiger partial charge in [0.25, 0.3) is 0 Å². The Morgan fingerprint density at radius 3 is 0.677 bits per heavy atom. The summed E-state index contributed by atoms with van der Waals surface area (Å²) in [4.78, 5) is 0. The van der Waals surface area contributed by atoms with Gasteiger partial charge in [0.2, 0.25) is 0 Å². The van der Waals surface area contributed by atoms with E-state index in [4.69, 9.17) is 0 Å². The number of hydrogen-bond donors (Lipinski definition) is 0. The Labute approximate surface area is 580 Å². The van der Waals surface area contributed by atoms with E-state index in [-0.39, 0.29) is 286 Å². The molecule has 0 saturated carbocycles. The summed E-state index contributed by atoms with van der Waals surface area (Å²) < 4.78 is 0. The Kier molecular flexibility index (Phi) is 77.5. The van der Waals surface area contributed by atoms with Crippen molar-refractivity contribution in [3.63, 3.8) is 0 Å². The summed E-state index contributed by atoms with van der Waals surface area (Å²) in [5.41, 5.74) is 2.76. The maximum absolute atomic E-state index is 4.39. The normalized spacial score (nSPS) is 15.1. The third-order valence-corrected chi connectivity index (χ3v) is 9.25. The van der Waals surface area contributed by atoms with Gasteiger partial charge in [0.05, 0.1) is 0 Å². The molecule has 4 atom stereocenters. The summed E-state index contributed by atoms with van der Waals surface area (Å²) in [5.74, 6) is 1.49. The molecule has 0 rings (SSSR count). The van der Waals surface area contributed by atoms with E-state index in [2.05, 4.69) is 208 Å². The Hall–Kier alpha value is 8.00. The van der Waals surface area contributed by atoms with Crippen LogP contribution in [0.25, 0.3) is 0 Å².